The lowest BCUT2D eigenvalue weighted by Crippen LogP contribution is -2.14. The van der Waals surface area contributed by atoms with Gasteiger partial charge in [-0.25, -0.2) is 4.98 Å². The van der Waals surface area contributed by atoms with Crippen LogP contribution in [-0.4, -0.2) is 10.9 Å². The summed E-state index contributed by atoms with van der Waals surface area (Å²) >= 11 is 0. The van der Waals surface area contributed by atoms with Crippen molar-refractivity contribution in [2.45, 2.75) is 33.1 Å². The second-order valence-electron chi connectivity index (χ2n) is 7.01. The Morgan fingerprint density at radius 2 is 1.74 bits per heavy atom. The number of aromatic nitrogens is 1. The lowest BCUT2D eigenvalue weighted by atomic mass is 10.0. The third kappa shape index (κ3) is 5.17. The van der Waals surface area contributed by atoms with E-state index in [2.05, 4.69) is 35.5 Å². The summed E-state index contributed by atoms with van der Waals surface area (Å²) in [6.07, 6.45) is 2.02. The molecule has 0 aliphatic rings. The van der Waals surface area contributed by atoms with Crippen LogP contribution in [0.5, 0.6) is 0 Å². The molecule has 0 fully saturated rings. The van der Waals surface area contributed by atoms with Crippen LogP contribution in [-0.2, 0) is 11.2 Å². The summed E-state index contributed by atoms with van der Waals surface area (Å²) in [7, 11) is 0. The van der Waals surface area contributed by atoms with Crippen LogP contribution >= 0.6 is 0 Å². The SMILES string of the molecule is Cc1ccc(CC(=O)Nc2ccc(Nc3ccccc3C(C)C)nc2)cc1. The molecule has 3 rings (SSSR count). The zero-order chi connectivity index (χ0) is 19.2. The predicted octanol–water partition coefficient (Wildman–Crippen LogP) is 5.44. The Kier molecular flexibility index (Phi) is 5.87. The first-order valence-electron chi connectivity index (χ1n) is 9.18. The minimum Gasteiger partial charge on any atom is -0.340 e. The number of anilines is 3. The van der Waals surface area contributed by atoms with E-state index in [0.717, 1.165) is 17.1 Å². The highest BCUT2D eigenvalue weighted by Crippen LogP contribution is 2.26. The van der Waals surface area contributed by atoms with Gasteiger partial charge in [-0.15, -0.1) is 0 Å². The first kappa shape index (κ1) is 18.6. The standard InChI is InChI=1S/C23H25N3O/c1-16(2)20-6-4-5-7-21(20)26-22-13-12-19(15-24-22)25-23(27)14-18-10-8-17(3)9-11-18/h4-13,15-16H,14H2,1-3H3,(H,24,26)(H,25,27). The van der Waals surface area contributed by atoms with Gasteiger partial charge in [0.25, 0.3) is 0 Å². The molecule has 4 nitrogen and oxygen atoms in total. The maximum atomic E-state index is 12.2. The number of hydrogen-bond acceptors (Lipinski definition) is 3. The molecule has 0 saturated heterocycles. The summed E-state index contributed by atoms with van der Waals surface area (Å²) < 4.78 is 0. The molecule has 27 heavy (non-hydrogen) atoms. The largest absolute Gasteiger partial charge is 0.340 e. The van der Waals surface area contributed by atoms with Gasteiger partial charge in [-0.2, -0.15) is 0 Å². The van der Waals surface area contributed by atoms with Crippen molar-refractivity contribution in [3.05, 3.63) is 83.6 Å². The summed E-state index contributed by atoms with van der Waals surface area (Å²) in [5.74, 6) is 1.13. The van der Waals surface area contributed by atoms with E-state index < -0.39 is 0 Å². The molecule has 1 heterocycles. The van der Waals surface area contributed by atoms with Crippen LogP contribution in [0.25, 0.3) is 0 Å². The monoisotopic (exact) mass is 359 g/mol. The number of carbonyl (C=O) groups is 1. The number of aryl methyl sites for hydroxylation is 1. The topological polar surface area (TPSA) is 54.0 Å². The average molecular weight is 359 g/mol. The van der Waals surface area contributed by atoms with Crippen LogP contribution in [0.15, 0.2) is 66.9 Å². The fourth-order valence-electron chi connectivity index (χ4n) is 2.89. The van der Waals surface area contributed by atoms with E-state index in [1.807, 2.05) is 61.5 Å². The van der Waals surface area contributed by atoms with Crippen LogP contribution in [0.3, 0.4) is 0 Å². The zero-order valence-corrected chi connectivity index (χ0v) is 16.0. The van der Waals surface area contributed by atoms with Gasteiger partial charge in [-0.05, 0) is 42.2 Å². The number of benzene rings is 2. The van der Waals surface area contributed by atoms with Gasteiger partial charge in [0.2, 0.25) is 5.91 Å². The van der Waals surface area contributed by atoms with Crippen LogP contribution in [0.4, 0.5) is 17.2 Å². The number of pyridine rings is 1. The van der Waals surface area contributed by atoms with Gasteiger partial charge in [0.05, 0.1) is 18.3 Å². The quantitative estimate of drug-likeness (QED) is 0.616. The van der Waals surface area contributed by atoms with Crippen molar-refractivity contribution < 1.29 is 4.79 Å². The van der Waals surface area contributed by atoms with Crippen LogP contribution in [0, 0.1) is 6.92 Å². The maximum absolute atomic E-state index is 12.2. The number of nitrogens with zero attached hydrogens (tertiary/aromatic N) is 1. The number of nitrogens with one attached hydrogen (secondary N) is 2. The van der Waals surface area contributed by atoms with Gasteiger partial charge in [-0.3, -0.25) is 4.79 Å². The van der Waals surface area contributed by atoms with Gasteiger partial charge < -0.3 is 10.6 Å². The Hall–Kier alpha value is -3.14. The van der Waals surface area contributed by atoms with Gasteiger partial charge >= 0.3 is 0 Å². The lowest BCUT2D eigenvalue weighted by molar-refractivity contribution is -0.115. The summed E-state index contributed by atoms with van der Waals surface area (Å²) in [6, 6.07) is 19.9. The van der Waals surface area contributed by atoms with Crippen molar-refractivity contribution in [2.24, 2.45) is 0 Å². The highest BCUT2D eigenvalue weighted by molar-refractivity contribution is 5.92. The molecule has 0 bridgehead atoms. The van der Waals surface area contributed by atoms with E-state index >= 15 is 0 Å². The smallest absolute Gasteiger partial charge is 0.228 e. The number of rotatable bonds is 6. The maximum Gasteiger partial charge on any atom is 0.228 e. The van der Waals surface area contributed by atoms with Crippen molar-refractivity contribution in [3.63, 3.8) is 0 Å². The van der Waals surface area contributed by atoms with E-state index in [1.54, 1.807) is 6.20 Å². The molecule has 0 atom stereocenters. The van der Waals surface area contributed by atoms with Crippen molar-refractivity contribution in [2.75, 3.05) is 10.6 Å². The van der Waals surface area contributed by atoms with E-state index in [-0.39, 0.29) is 5.91 Å². The summed E-state index contributed by atoms with van der Waals surface area (Å²) in [6.45, 7) is 6.37. The minimum absolute atomic E-state index is 0.0495. The molecule has 0 spiro atoms. The van der Waals surface area contributed by atoms with Crippen LogP contribution in [0.2, 0.25) is 0 Å². The molecule has 2 aromatic carbocycles. The third-order valence-electron chi connectivity index (χ3n) is 4.38. The summed E-state index contributed by atoms with van der Waals surface area (Å²) in [4.78, 5) is 16.6. The van der Waals surface area contributed by atoms with E-state index in [0.29, 0.717) is 18.0 Å². The zero-order valence-electron chi connectivity index (χ0n) is 16.0. The molecule has 4 heteroatoms. The Bertz CT molecular complexity index is 900. The fraction of sp³-hybridized carbons (Fsp3) is 0.217. The predicted molar refractivity (Wildman–Crippen MR) is 112 cm³/mol. The van der Waals surface area contributed by atoms with E-state index in [9.17, 15) is 4.79 Å². The van der Waals surface area contributed by atoms with Crippen LogP contribution < -0.4 is 10.6 Å². The summed E-state index contributed by atoms with van der Waals surface area (Å²) in [5.41, 5.74) is 5.17. The fourth-order valence-corrected chi connectivity index (χ4v) is 2.89. The highest BCUT2D eigenvalue weighted by atomic mass is 16.1. The van der Waals surface area contributed by atoms with E-state index in [1.165, 1.54) is 11.1 Å². The first-order chi connectivity index (χ1) is 13.0. The molecule has 0 unspecified atom stereocenters. The number of amides is 1. The average Bonchev–Trinajstić information content (AvgIpc) is 2.65. The molecule has 2 N–H and O–H groups in total. The molecular weight excluding hydrogens is 334 g/mol. The van der Waals surface area contributed by atoms with Crippen LogP contribution in [0.1, 0.15) is 36.5 Å². The second kappa shape index (κ2) is 8.49. The Labute approximate surface area is 160 Å². The molecule has 1 amide bonds. The normalized spacial score (nSPS) is 10.7. The molecule has 1 aromatic heterocycles. The molecule has 0 aliphatic heterocycles. The Morgan fingerprint density at radius 3 is 2.41 bits per heavy atom. The Balaban J connectivity index is 1.62. The summed E-state index contributed by atoms with van der Waals surface area (Å²) in [5, 5.41) is 6.25. The second-order valence-corrected chi connectivity index (χ2v) is 7.01. The third-order valence-corrected chi connectivity index (χ3v) is 4.38. The van der Waals surface area contributed by atoms with Crippen molar-refractivity contribution in [3.8, 4) is 0 Å². The van der Waals surface area contributed by atoms with Gasteiger partial charge in [0, 0.05) is 5.69 Å². The van der Waals surface area contributed by atoms with Crippen molar-refractivity contribution in [1.82, 2.24) is 4.98 Å². The molecular formula is C23H25N3O. The number of hydrogen-bond donors (Lipinski definition) is 2. The number of para-hydroxylation sites is 1. The molecule has 138 valence electrons. The van der Waals surface area contributed by atoms with E-state index in [4.69, 9.17) is 0 Å². The van der Waals surface area contributed by atoms with Gasteiger partial charge in [0.15, 0.2) is 0 Å². The molecule has 0 aliphatic carbocycles. The first-order valence-corrected chi connectivity index (χ1v) is 9.18. The Morgan fingerprint density at radius 1 is 1.00 bits per heavy atom. The number of carbonyl (C=O) groups excluding carboxylic acids is 1. The molecule has 0 radical (unpaired) electrons. The minimum atomic E-state index is -0.0495. The van der Waals surface area contributed by atoms with Gasteiger partial charge in [0.1, 0.15) is 5.82 Å². The van der Waals surface area contributed by atoms with Crippen molar-refractivity contribution in [1.29, 1.82) is 0 Å². The lowest BCUT2D eigenvalue weighted by Gasteiger charge is -2.14. The highest BCUT2D eigenvalue weighted by Gasteiger charge is 2.08. The van der Waals surface area contributed by atoms with Crippen molar-refractivity contribution >= 4 is 23.1 Å². The molecule has 3 aromatic rings. The van der Waals surface area contributed by atoms with Gasteiger partial charge in [-0.1, -0.05) is 61.9 Å². The molecule has 0 saturated carbocycles.